The van der Waals surface area contributed by atoms with Gasteiger partial charge in [-0.2, -0.15) is 0 Å². The number of nitrogens with zero attached hydrogens (tertiary/aromatic N) is 1. The molecule has 0 fully saturated rings. The van der Waals surface area contributed by atoms with Crippen LogP contribution in [0.25, 0.3) is 0 Å². The van der Waals surface area contributed by atoms with E-state index in [4.69, 9.17) is 10.3 Å². The number of hydrogen-bond acceptors (Lipinski definition) is 4. The Kier molecular flexibility index (Phi) is 3.65. The minimum Gasteiger partial charge on any atom is -0.367 e. The number of ketones is 1. The highest BCUT2D eigenvalue weighted by Gasteiger charge is 2.28. The predicted molar refractivity (Wildman–Crippen MR) is 92.0 cm³/mol. The second-order valence-corrected chi connectivity index (χ2v) is 6.19. The monoisotopic (exact) mass is 318 g/mol. The van der Waals surface area contributed by atoms with Crippen LogP contribution in [-0.2, 0) is 12.8 Å². The maximum absolute atomic E-state index is 12.9. The molecule has 1 aliphatic rings. The Morgan fingerprint density at radius 1 is 1.08 bits per heavy atom. The van der Waals surface area contributed by atoms with E-state index in [1.807, 2.05) is 48.5 Å². The third kappa shape index (κ3) is 2.50. The van der Waals surface area contributed by atoms with Gasteiger partial charge in [-0.1, -0.05) is 59.8 Å². The Morgan fingerprint density at radius 2 is 1.83 bits per heavy atom. The average Bonchev–Trinajstić information content (AvgIpc) is 3.02. The molecule has 4 nitrogen and oxygen atoms in total. The van der Waals surface area contributed by atoms with Crippen LogP contribution in [0, 0.1) is 0 Å². The van der Waals surface area contributed by atoms with E-state index in [0.717, 1.165) is 41.6 Å². The van der Waals surface area contributed by atoms with E-state index in [1.165, 1.54) is 0 Å². The first kappa shape index (κ1) is 14.7. The van der Waals surface area contributed by atoms with Crippen molar-refractivity contribution in [3.8, 4) is 0 Å². The molecule has 4 heteroatoms. The number of carbonyl (C=O) groups is 1. The normalized spacial score (nSPS) is 16.6. The Hall–Kier alpha value is -2.88. The molecule has 1 aliphatic carbocycles. The molecular weight excluding hydrogens is 300 g/mol. The van der Waals surface area contributed by atoms with Crippen molar-refractivity contribution < 1.29 is 9.32 Å². The number of anilines is 1. The van der Waals surface area contributed by atoms with E-state index in [-0.39, 0.29) is 11.7 Å². The lowest BCUT2D eigenvalue weighted by Gasteiger charge is -2.23. The zero-order valence-corrected chi connectivity index (χ0v) is 13.2. The van der Waals surface area contributed by atoms with Gasteiger partial charge in [-0.3, -0.25) is 4.79 Å². The van der Waals surface area contributed by atoms with Gasteiger partial charge in [0.25, 0.3) is 0 Å². The van der Waals surface area contributed by atoms with Gasteiger partial charge in [0.1, 0.15) is 0 Å². The molecule has 1 atom stereocenters. The second kappa shape index (κ2) is 5.96. The molecule has 24 heavy (non-hydrogen) atoms. The van der Waals surface area contributed by atoms with Crippen LogP contribution < -0.4 is 5.73 Å². The van der Waals surface area contributed by atoms with Crippen LogP contribution in [0.1, 0.15) is 45.1 Å². The van der Waals surface area contributed by atoms with E-state index in [1.54, 1.807) is 0 Å². The van der Waals surface area contributed by atoms with Gasteiger partial charge in [0, 0.05) is 16.7 Å². The standard InChI is InChI=1S/C20H18N2O2/c21-20-17-12-14(10-11-18(17)22-24-20)15-8-4-5-9-16(15)19(23)13-6-2-1-3-7-13/h1-9,14H,10-12,21H2. The second-order valence-electron chi connectivity index (χ2n) is 6.19. The number of hydrogen-bond donors (Lipinski definition) is 1. The maximum atomic E-state index is 12.9. The fraction of sp³-hybridized carbons (Fsp3) is 0.200. The van der Waals surface area contributed by atoms with Crippen molar-refractivity contribution in [2.75, 3.05) is 5.73 Å². The fourth-order valence-corrected chi connectivity index (χ4v) is 3.50. The van der Waals surface area contributed by atoms with Crippen molar-refractivity contribution >= 4 is 11.7 Å². The molecular formula is C20H18N2O2. The fourth-order valence-electron chi connectivity index (χ4n) is 3.50. The number of fused-ring (bicyclic) bond motifs is 1. The largest absolute Gasteiger partial charge is 0.367 e. The molecule has 0 aliphatic heterocycles. The number of rotatable bonds is 3. The van der Waals surface area contributed by atoms with Gasteiger partial charge >= 0.3 is 0 Å². The summed E-state index contributed by atoms with van der Waals surface area (Å²) < 4.78 is 5.11. The summed E-state index contributed by atoms with van der Waals surface area (Å²) in [6.45, 7) is 0. The third-order valence-corrected chi connectivity index (χ3v) is 4.76. The topological polar surface area (TPSA) is 69.1 Å². The minimum absolute atomic E-state index is 0.0651. The molecule has 0 saturated carbocycles. The lowest BCUT2D eigenvalue weighted by atomic mass is 9.80. The van der Waals surface area contributed by atoms with Gasteiger partial charge in [0.05, 0.1) is 5.69 Å². The van der Waals surface area contributed by atoms with Gasteiger partial charge < -0.3 is 10.3 Å². The molecule has 0 radical (unpaired) electrons. The number of nitrogens with two attached hydrogens (primary N) is 1. The molecule has 2 N–H and O–H groups in total. The summed E-state index contributed by atoms with van der Waals surface area (Å²) in [7, 11) is 0. The molecule has 0 saturated heterocycles. The van der Waals surface area contributed by atoms with Crippen LogP contribution >= 0.6 is 0 Å². The molecule has 0 spiro atoms. The van der Waals surface area contributed by atoms with Crippen molar-refractivity contribution in [3.05, 3.63) is 82.5 Å². The maximum Gasteiger partial charge on any atom is 0.225 e. The highest BCUT2D eigenvalue weighted by molar-refractivity contribution is 6.10. The van der Waals surface area contributed by atoms with Crippen LogP contribution in [0.4, 0.5) is 5.88 Å². The molecule has 0 bridgehead atoms. The van der Waals surface area contributed by atoms with Gasteiger partial charge in [-0.25, -0.2) is 0 Å². The van der Waals surface area contributed by atoms with E-state index >= 15 is 0 Å². The van der Waals surface area contributed by atoms with Crippen molar-refractivity contribution in [2.24, 2.45) is 0 Å². The first-order valence-corrected chi connectivity index (χ1v) is 8.15. The molecule has 120 valence electrons. The Morgan fingerprint density at radius 3 is 2.67 bits per heavy atom. The van der Waals surface area contributed by atoms with E-state index in [9.17, 15) is 4.79 Å². The SMILES string of the molecule is Nc1onc2c1CC(c1ccccc1C(=O)c1ccccc1)CC2. The van der Waals surface area contributed by atoms with E-state index in [0.29, 0.717) is 11.4 Å². The lowest BCUT2D eigenvalue weighted by molar-refractivity contribution is 0.103. The summed E-state index contributed by atoms with van der Waals surface area (Å²) in [5.41, 5.74) is 10.4. The molecule has 1 heterocycles. The molecule has 0 amide bonds. The summed E-state index contributed by atoms with van der Waals surface area (Å²) in [5.74, 6) is 0.722. The molecule has 1 unspecified atom stereocenters. The van der Waals surface area contributed by atoms with Gasteiger partial charge in [-0.05, 0) is 30.7 Å². The zero-order valence-electron chi connectivity index (χ0n) is 13.2. The first-order valence-electron chi connectivity index (χ1n) is 8.15. The third-order valence-electron chi connectivity index (χ3n) is 4.76. The average molecular weight is 318 g/mol. The van der Waals surface area contributed by atoms with Crippen molar-refractivity contribution in [1.82, 2.24) is 5.16 Å². The van der Waals surface area contributed by atoms with Gasteiger partial charge in [0.2, 0.25) is 5.88 Å². The zero-order chi connectivity index (χ0) is 16.5. The summed E-state index contributed by atoms with van der Waals surface area (Å²) >= 11 is 0. The Balaban J connectivity index is 1.70. The van der Waals surface area contributed by atoms with E-state index < -0.39 is 0 Å². The summed E-state index contributed by atoms with van der Waals surface area (Å²) in [4.78, 5) is 12.9. The van der Waals surface area contributed by atoms with Crippen molar-refractivity contribution in [1.29, 1.82) is 0 Å². The van der Waals surface area contributed by atoms with Crippen LogP contribution in [0.15, 0.2) is 59.1 Å². The highest BCUT2D eigenvalue weighted by Crippen LogP contribution is 2.36. The van der Waals surface area contributed by atoms with Crippen molar-refractivity contribution in [3.63, 3.8) is 0 Å². The molecule has 3 aromatic rings. The Bertz CT molecular complexity index is 884. The number of carbonyl (C=O) groups excluding carboxylic acids is 1. The van der Waals surface area contributed by atoms with Crippen LogP contribution in [0.2, 0.25) is 0 Å². The molecule has 2 aromatic carbocycles. The Labute approximate surface area is 140 Å². The van der Waals surface area contributed by atoms with Gasteiger partial charge in [-0.15, -0.1) is 0 Å². The smallest absolute Gasteiger partial charge is 0.225 e. The van der Waals surface area contributed by atoms with E-state index in [2.05, 4.69) is 11.2 Å². The highest BCUT2D eigenvalue weighted by atomic mass is 16.5. The molecule has 4 rings (SSSR count). The van der Waals surface area contributed by atoms with Crippen LogP contribution in [0.5, 0.6) is 0 Å². The predicted octanol–water partition coefficient (Wildman–Crippen LogP) is 3.76. The number of benzene rings is 2. The minimum atomic E-state index is 0.0651. The first-order chi connectivity index (χ1) is 11.7. The number of nitrogen functional groups attached to an aromatic ring is 1. The van der Waals surface area contributed by atoms with Crippen LogP contribution in [-0.4, -0.2) is 10.9 Å². The quantitative estimate of drug-likeness (QED) is 0.747. The van der Waals surface area contributed by atoms with Gasteiger partial charge in [0.15, 0.2) is 5.78 Å². The summed E-state index contributed by atoms with van der Waals surface area (Å²) in [6, 6.07) is 17.3. The molecule has 1 aromatic heterocycles. The summed E-state index contributed by atoms with van der Waals surface area (Å²) in [6.07, 6.45) is 2.54. The summed E-state index contributed by atoms with van der Waals surface area (Å²) in [5, 5.41) is 4.02. The lowest BCUT2D eigenvalue weighted by Crippen LogP contribution is -2.16. The van der Waals surface area contributed by atoms with Crippen LogP contribution in [0.3, 0.4) is 0 Å². The van der Waals surface area contributed by atoms with Crippen molar-refractivity contribution in [2.45, 2.75) is 25.2 Å². The number of aromatic nitrogens is 1. The number of aryl methyl sites for hydroxylation is 1.